The van der Waals surface area contributed by atoms with E-state index >= 15 is 0 Å². The number of nitrogens with zero attached hydrogens (tertiary/aromatic N) is 1. The van der Waals surface area contributed by atoms with Gasteiger partial charge in [0.1, 0.15) is 11.4 Å². The summed E-state index contributed by atoms with van der Waals surface area (Å²) in [6.07, 6.45) is 5.66. The highest BCUT2D eigenvalue weighted by atomic mass is 19.1. The lowest BCUT2D eigenvalue weighted by Crippen LogP contribution is -2.47. The van der Waals surface area contributed by atoms with Gasteiger partial charge < -0.3 is 20.0 Å². The predicted octanol–water partition coefficient (Wildman–Crippen LogP) is 2.22. The third-order valence-corrected chi connectivity index (χ3v) is 5.77. The number of fused-ring (bicyclic) bond motifs is 1. The topological polar surface area (TPSA) is 74.6 Å². The van der Waals surface area contributed by atoms with Crippen molar-refractivity contribution in [3.05, 3.63) is 35.8 Å². The van der Waals surface area contributed by atoms with Gasteiger partial charge in [-0.15, -0.1) is 0 Å². The number of piperidine rings is 1. The summed E-state index contributed by atoms with van der Waals surface area (Å²) in [5, 5.41) is 7.02. The molecule has 7 heteroatoms. The number of carbonyl (C=O) groups is 2. The number of rotatable bonds is 5. The molecular formula is C21H26FN3O3. The van der Waals surface area contributed by atoms with Gasteiger partial charge in [-0.05, 0) is 50.3 Å². The molecule has 1 aromatic carbocycles. The van der Waals surface area contributed by atoms with Crippen LogP contribution >= 0.6 is 0 Å². The number of hydrogen-bond donors (Lipinski definition) is 2. The summed E-state index contributed by atoms with van der Waals surface area (Å²) >= 11 is 0. The van der Waals surface area contributed by atoms with Crippen molar-refractivity contribution in [1.29, 1.82) is 0 Å². The summed E-state index contributed by atoms with van der Waals surface area (Å²) in [7, 11) is 0. The molecule has 2 unspecified atom stereocenters. The van der Waals surface area contributed by atoms with Crippen LogP contribution in [0.4, 0.5) is 4.39 Å². The van der Waals surface area contributed by atoms with E-state index < -0.39 is 0 Å². The number of furan rings is 1. The molecule has 1 aromatic heterocycles. The number of amides is 2. The number of benzene rings is 1. The quantitative estimate of drug-likeness (QED) is 0.825. The average molecular weight is 387 g/mol. The van der Waals surface area contributed by atoms with Crippen molar-refractivity contribution < 1.29 is 18.4 Å². The van der Waals surface area contributed by atoms with Gasteiger partial charge in [0, 0.05) is 36.7 Å². The van der Waals surface area contributed by atoms with Crippen LogP contribution < -0.4 is 10.6 Å². The van der Waals surface area contributed by atoms with Gasteiger partial charge in [0.25, 0.3) is 0 Å². The molecule has 2 N–H and O–H groups in total. The van der Waals surface area contributed by atoms with Crippen LogP contribution in [0.15, 0.2) is 28.9 Å². The number of nitrogens with one attached hydrogen (secondary N) is 2. The summed E-state index contributed by atoms with van der Waals surface area (Å²) in [5.41, 5.74) is 1.24. The van der Waals surface area contributed by atoms with Crippen LogP contribution in [0.25, 0.3) is 11.0 Å². The second kappa shape index (κ2) is 8.31. The normalized spacial score (nSPS) is 22.5. The molecule has 2 amide bonds. The fraction of sp³-hybridized carbons (Fsp3) is 0.524. The van der Waals surface area contributed by atoms with Crippen LogP contribution in [-0.4, -0.2) is 48.9 Å². The first-order chi connectivity index (χ1) is 13.6. The molecule has 2 aliphatic rings. The highest BCUT2D eigenvalue weighted by Crippen LogP contribution is 2.24. The zero-order valence-electron chi connectivity index (χ0n) is 15.9. The molecule has 2 atom stereocenters. The molecule has 0 spiro atoms. The first kappa shape index (κ1) is 18.9. The first-order valence-corrected chi connectivity index (χ1v) is 10.0. The van der Waals surface area contributed by atoms with Crippen LogP contribution in [0.5, 0.6) is 0 Å². The largest absolute Gasteiger partial charge is 0.464 e. The van der Waals surface area contributed by atoms with Crippen LogP contribution in [0.2, 0.25) is 0 Å². The Morgan fingerprint density at radius 1 is 1.29 bits per heavy atom. The lowest BCUT2D eigenvalue weighted by atomic mass is 9.97. The second-order valence-corrected chi connectivity index (χ2v) is 7.82. The number of carbonyl (C=O) groups excluding carboxylic acids is 2. The van der Waals surface area contributed by atoms with Gasteiger partial charge in [-0.1, -0.05) is 0 Å². The summed E-state index contributed by atoms with van der Waals surface area (Å²) in [4.78, 5) is 26.8. The maximum absolute atomic E-state index is 13.3. The summed E-state index contributed by atoms with van der Waals surface area (Å²) in [6, 6.07) is 4.30. The van der Waals surface area contributed by atoms with E-state index in [4.69, 9.17) is 4.42 Å². The minimum Gasteiger partial charge on any atom is -0.464 e. The second-order valence-electron chi connectivity index (χ2n) is 7.82. The van der Waals surface area contributed by atoms with Gasteiger partial charge in [0.2, 0.25) is 11.8 Å². The van der Waals surface area contributed by atoms with Crippen LogP contribution in [0.3, 0.4) is 0 Å². The fourth-order valence-corrected chi connectivity index (χ4v) is 4.20. The summed E-state index contributed by atoms with van der Waals surface area (Å²) in [6.45, 7) is 2.90. The van der Waals surface area contributed by atoms with Crippen LogP contribution in [-0.2, 0) is 16.0 Å². The Morgan fingerprint density at radius 2 is 2.18 bits per heavy atom. The lowest BCUT2D eigenvalue weighted by Gasteiger charge is -2.33. The number of halogens is 1. The molecule has 0 bridgehead atoms. The van der Waals surface area contributed by atoms with Crippen molar-refractivity contribution in [3.8, 4) is 0 Å². The Labute approximate surface area is 163 Å². The summed E-state index contributed by atoms with van der Waals surface area (Å²) in [5.74, 6) is 0.0326. The monoisotopic (exact) mass is 387 g/mol. The highest BCUT2D eigenvalue weighted by molar-refractivity contribution is 5.87. The van der Waals surface area contributed by atoms with Crippen molar-refractivity contribution in [1.82, 2.24) is 15.5 Å². The minimum absolute atomic E-state index is 0.0421. The lowest BCUT2D eigenvalue weighted by molar-refractivity contribution is -0.132. The van der Waals surface area contributed by atoms with Gasteiger partial charge in [-0.25, -0.2) is 4.39 Å². The average Bonchev–Trinajstić information content (AvgIpc) is 3.37. The minimum atomic E-state index is -0.353. The van der Waals surface area contributed by atoms with E-state index in [1.807, 2.05) is 4.90 Å². The predicted molar refractivity (Wildman–Crippen MR) is 103 cm³/mol. The molecule has 2 saturated heterocycles. The molecule has 28 heavy (non-hydrogen) atoms. The Hall–Kier alpha value is -2.41. The molecule has 6 nitrogen and oxygen atoms in total. The van der Waals surface area contributed by atoms with Crippen molar-refractivity contribution >= 4 is 22.8 Å². The number of hydrogen-bond acceptors (Lipinski definition) is 4. The molecular weight excluding hydrogens is 361 g/mol. The molecule has 0 saturated carbocycles. The van der Waals surface area contributed by atoms with E-state index in [0.29, 0.717) is 18.7 Å². The zero-order chi connectivity index (χ0) is 19.5. The fourth-order valence-electron chi connectivity index (χ4n) is 4.20. The Bertz CT molecular complexity index is 860. The molecule has 0 radical (unpaired) electrons. The SMILES string of the molecule is O=C(NCC1CCCN(C(=O)Cc2coc3cc(F)ccc23)C1)C1CCCN1. The van der Waals surface area contributed by atoms with Gasteiger partial charge in [0.05, 0.1) is 18.7 Å². The van der Waals surface area contributed by atoms with Crippen molar-refractivity contribution in [3.63, 3.8) is 0 Å². The van der Waals surface area contributed by atoms with Crippen LogP contribution in [0.1, 0.15) is 31.2 Å². The van der Waals surface area contributed by atoms with Crippen molar-refractivity contribution in [2.45, 2.75) is 38.1 Å². The Kier molecular flexibility index (Phi) is 5.62. The smallest absolute Gasteiger partial charge is 0.237 e. The molecule has 0 aliphatic carbocycles. The maximum atomic E-state index is 13.3. The molecule has 2 aliphatic heterocycles. The van der Waals surface area contributed by atoms with E-state index in [2.05, 4.69) is 10.6 Å². The van der Waals surface area contributed by atoms with Gasteiger partial charge in [-0.3, -0.25) is 9.59 Å². The third-order valence-electron chi connectivity index (χ3n) is 5.77. The number of likely N-dealkylation sites (tertiary alicyclic amines) is 1. The Balaban J connectivity index is 1.32. The highest BCUT2D eigenvalue weighted by Gasteiger charge is 2.27. The van der Waals surface area contributed by atoms with E-state index in [9.17, 15) is 14.0 Å². The first-order valence-electron chi connectivity index (χ1n) is 10.0. The van der Waals surface area contributed by atoms with Gasteiger partial charge in [-0.2, -0.15) is 0 Å². The van der Waals surface area contributed by atoms with Crippen molar-refractivity contribution in [2.24, 2.45) is 5.92 Å². The van der Waals surface area contributed by atoms with E-state index in [1.54, 1.807) is 6.07 Å². The van der Waals surface area contributed by atoms with E-state index in [-0.39, 0.29) is 36.0 Å². The maximum Gasteiger partial charge on any atom is 0.237 e. The van der Waals surface area contributed by atoms with E-state index in [0.717, 1.165) is 49.7 Å². The van der Waals surface area contributed by atoms with Gasteiger partial charge in [0.15, 0.2) is 0 Å². The van der Waals surface area contributed by atoms with Gasteiger partial charge >= 0.3 is 0 Å². The van der Waals surface area contributed by atoms with Crippen molar-refractivity contribution in [2.75, 3.05) is 26.2 Å². The molecule has 150 valence electrons. The Morgan fingerprint density at radius 3 is 3.00 bits per heavy atom. The third kappa shape index (κ3) is 4.19. The van der Waals surface area contributed by atoms with E-state index in [1.165, 1.54) is 18.4 Å². The standard InChI is InChI=1S/C21H26FN3O3/c22-16-5-6-17-15(13-28-19(17)10-16)9-20(26)25-8-2-3-14(12-25)11-24-21(27)18-4-1-7-23-18/h5-6,10,13-14,18,23H,1-4,7-9,11-12H2,(H,24,27). The summed E-state index contributed by atoms with van der Waals surface area (Å²) < 4.78 is 18.7. The molecule has 3 heterocycles. The molecule has 2 aromatic rings. The molecule has 2 fully saturated rings. The molecule has 4 rings (SSSR count). The zero-order valence-corrected chi connectivity index (χ0v) is 15.9. The van der Waals surface area contributed by atoms with Crippen LogP contribution in [0, 0.1) is 11.7 Å².